The van der Waals surface area contributed by atoms with Crippen molar-refractivity contribution >= 4 is 24.6 Å². The molecular formula is C11H20O4S. The number of carboxylic acids is 2. The maximum absolute atomic E-state index is 10.3. The van der Waals surface area contributed by atoms with Crippen LogP contribution >= 0.6 is 12.6 Å². The first-order valence-electron chi connectivity index (χ1n) is 5.60. The molecule has 1 unspecified atom stereocenters. The van der Waals surface area contributed by atoms with Gasteiger partial charge in [-0.15, -0.1) is 0 Å². The number of hydrogen-bond donors (Lipinski definition) is 3. The summed E-state index contributed by atoms with van der Waals surface area (Å²) in [6, 6.07) is 0. The van der Waals surface area contributed by atoms with Gasteiger partial charge < -0.3 is 10.2 Å². The van der Waals surface area contributed by atoms with Crippen LogP contribution in [-0.2, 0) is 9.59 Å². The first-order valence-corrected chi connectivity index (χ1v) is 6.24. The highest BCUT2D eigenvalue weighted by Gasteiger charge is 2.08. The summed E-state index contributed by atoms with van der Waals surface area (Å²) in [6.07, 6.45) is 4.48. The van der Waals surface area contributed by atoms with Gasteiger partial charge in [-0.25, -0.2) is 0 Å². The molecule has 0 aromatic heterocycles. The van der Waals surface area contributed by atoms with Crippen molar-refractivity contribution in [2.24, 2.45) is 5.92 Å². The minimum Gasteiger partial charge on any atom is -0.481 e. The minimum atomic E-state index is -0.760. The van der Waals surface area contributed by atoms with Crippen molar-refractivity contribution in [3.8, 4) is 0 Å². The normalized spacial score (nSPS) is 12.3. The molecule has 0 saturated heterocycles. The molecule has 4 nitrogen and oxygen atoms in total. The van der Waals surface area contributed by atoms with E-state index in [4.69, 9.17) is 10.2 Å². The number of rotatable bonds is 10. The first-order chi connectivity index (χ1) is 7.56. The van der Waals surface area contributed by atoms with Gasteiger partial charge in [0, 0.05) is 12.8 Å². The number of aliphatic carboxylic acids is 2. The van der Waals surface area contributed by atoms with Gasteiger partial charge >= 0.3 is 11.9 Å². The summed E-state index contributed by atoms with van der Waals surface area (Å²) in [5.74, 6) is -0.360. The van der Waals surface area contributed by atoms with Gasteiger partial charge in [0.25, 0.3) is 0 Å². The molecule has 0 aliphatic heterocycles. The molecule has 0 aliphatic carbocycles. The second kappa shape index (κ2) is 9.51. The zero-order valence-electron chi connectivity index (χ0n) is 9.39. The van der Waals surface area contributed by atoms with Crippen LogP contribution in [0.1, 0.15) is 44.9 Å². The maximum atomic E-state index is 10.3. The van der Waals surface area contributed by atoms with E-state index in [2.05, 4.69) is 12.6 Å². The Morgan fingerprint density at radius 3 is 1.94 bits per heavy atom. The van der Waals surface area contributed by atoms with Gasteiger partial charge in [-0.3, -0.25) is 9.59 Å². The first kappa shape index (κ1) is 15.3. The van der Waals surface area contributed by atoms with E-state index in [1.165, 1.54) is 0 Å². The Labute approximate surface area is 101 Å². The summed E-state index contributed by atoms with van der Waals surface area (Å²) in [5, 5.41) is 16.9. The van der Waals surface area contributed by atoms with Crippen molar-refractivity contribution in [2.75, 3.05) is 5.75 Å². The van der Waals surface area contributed by atoms with E-state index < -0.39 is 11.9 Å². The number of unbranched alkanes of at least 4 members (excludes halogenated alkanes) is 1. The summed E-state index contributed by atoms with van der Waals surface area (Å²) >= 11 is 4.22. The molecule has 0 rings (SSSR count). The van der Waals surface area contributed by atoms with Crippen LogP contribution in [0.4, 0.5) is 0 Å². The molecule has 16 heavy (non-hydrogen) atoms. The lowest BCUT2D eigenvalue weighted by atomic mass is 9.97. The SMILES string of the molecule is O=C(O)CCCCC(CS)CCCC(=O)O. The average molecular weight is 248 g/mol. The van der Waals surface area contributed by atoms with E-state index in [1.807, 2.05) is 0 Å². The summed E-state index contributed by atoms with van der Waals surface area (Å²) in [4.78, 5) is 20.6. The molecule has 0 bridgehead atoms. The quantitative estimate of drug-likeness (QED) is 0.410. The van der Waals surface area contributed by atoms with Gasteiger partial charge in [0.15, 0.2) is 0 Å². The number of thiol groups is 1. The molecule has 0 radical (unpaired) electrons. The third-order valence-electron chi connectivity index (χ3n) is 2.51. The maximum Gasteiger partial charge on any atom is 0.303 e. The third kappa shape index (κ3) is 9.83. The smallest absolute Gasteiger partial charge is 0.303 e. The fourth-order valence-electron chi connectivity index (χ4n) is 1.58. The lowest BCUT2D eigenvalue weighted by Gasteiger charge is -2.12. The topological polar surface area (TPSA) is 74.6 Å². The third-order valence-corrected chi connectivity index (χ3v) is 3.03. The van der Waals surface area contributed by atoms with Crippen LogP contribution in [0.25, 0.3) is 0 Å². The Kier molecular flexibility index (Phi) is 9.09. The summed E-state index contributed by atoms with van der Waals surface area (Å²) in [5.41, 5.74) is 0. The van der Waals surface area contributed by atoms with Crippen LogP contribution in [0.5, 0.6) is 0 Å². The zero-order valence-corrected chi connectivity index (χ0v) is 10.3. The predicted molar refractivity (Wildman–Crippen MR) is 64.9 cm³/mol. The molecule has 0 aromatic rings. The summed E-state index contributed by atoms with van der Waals surface area (Å²) in [7, 11) is 0. The van der Waals surface area contributed by atoms with Crippen LogP contribution < -0.4 is 0 Å². The van der Waals surface area contributed by atoms with E-state index in [-0.39, 0.29) is 12.8 Å². The van der Waals surface area contributed by atoms with E-state index in [9.17, 15) is 9.59 Å². The molecule has 2 N–H and O–H groups in total. The van der Waals surface area contributed by atoms with E-state index in [0.717, 1.165) is 25.0 Å². The van der Waals surface area contributed by atoms with Crippen LogP contribution in [0.2, 0.25) is 0 Å². The number of hydrogen-bond acceptors (Lipinski definition) is 3. The number of carbonyl (C=O) groups is 2. The Bertz CT molecular complexity index is 218. The van der Waals surface area contributed by atoms with Gasteiger partial charge in [-0.2, -0.15) is 12.6 Å². The summed E-state index contributed by atoms with van der Waals surface area (Å²) in [6.45, 7) is 0. The molecule has 0 aromatic carbocycles. The highest BCUT2D eigenvalue weighted by molar-refractivity contribution is 7.80. The van der Waals surface area contributed by atoms with Crippen molar-refractivity contribution in [2.45, 2.75) is 44.9 Å². The van der Waals surface area contributed by atoms with Gasteiger partial charge in [-0.1, -0.05) is 6.42 Å². The lowest BCUT2D eigenvalue weighted by molar-refractivity contribution is -0.138. The van der Waals surface area contributed by atoms with Crippen molar-refractivity contribution in [1.82, 2.24) is 0 Å². The largest absolute Gasteiger partial charge is 0.481 e. The van der Waals surface area contributed by atoms with Crippen LogP contribution in [0.15, 0.2) is 0 Å². The second-order valence-corrected chi connectivity index (χ2v) is 4.34. The van der Waals surface area contributed by atoms with Crippen molar-refractivity contribution in [3.05, 3.63) is 0 Å². The van der Waals surface area contributed by atoms with Crippen LogP contribution in [-0.4, -0.2) is 27.9 Å². The predicted octanol–water partition coefficient (Wildman–Crippen LogP) is 2.43. The van der Waals surface area contributed by atoms with Gasteiger partial charge in [0.05, 0.1) is 0 Å². The van der Waals surface area contributed by atoms with Gasteiger partial charge in [0.2, 0.25) is 0 Å². The standard InChI is InChI=1S/C11H20O4S/c12-10(13)6-2-1-4-9(8-16)5-3-7-11(14)15/h9,16H,1-8H2,(H,12,13)(H,14,15). The molecule has 0 spiro atoms. The molecule has 5 heteroatoms. The minimum absolute atomic E-state index is 0.208. The molecule has 0 amide bonds. The highest BCUT2D eigenvalue weighted by atomic mass is 32.1. The second-order valence-electron chi connectivity index (χ2n) is 3.97. The zero-order chi connectivity index (χ0) is 12.4. The molecule has 0 heterocycles. The van der Waals surface area contributed by atoms with Crippen LogP contribution in [0.3, 0.4) is 0 Å². The summed E-state index contributed by atoms with van der Waals surface area (Å²) < 4.78 is 0. The molecule has 94 valence electrons. The van der Waals surface area contributed by atoms with Gasteiger partial charge in [0.1, 0.15) is 0 Å². The van der Waals surface area contributed by atoms with E-state index in [1.54, 1.807) is 0 Å². The molecule has 1 atom stereocenters. The van der Waals surface area contributed by atoms with Gasteiger partial charge in [-0.05, 0) is 37.4 Å². The van der Waals surface area contributed by atoms with Crippen molar-refractivity contribution < 1.29 is 19.8 Å². The van der Waals surface area contributed by atoms with E-state index >= 15 is 0 Å². The average Bonchev–Trinajstić information content (AvgIpc) is 2.20. The van der Waals surface area contributed by atoms with Crippen molar-refractivity contribution in [1.29, 1.82) is 0 Å². The van der Waals surface area contributed by atoms with Crippen molar-refractivity contribution in [3.63, 3.8) is 0 Å². The lowest BCUT2D eigenvalue weighted by Crippen LogP contribution is -2.05. The number of carboxylic acid groups (broad SMARTS) is 2. The molecule has 0 fully saturated rings. The Hall–Kier alpha value is -0.710. The van der Waals surface area contributed by atoms with Crippen LogP contribution in [0, 0.1) is 5.92 Å². The molecule has 0 aliphatic rings. The Morgan fingerprint density at radius 1 is 0.938 bits per heavy atom. The fraction of sp³-hybridized carbons (Fsp3) is 0.818. The fourth-order valence-corrected chi connectivity index (χ4v) is 1.94. The Balaban J connectivity index is 3.51. The Morgan fingerprint density at radius 2 is 1.44 bits per heavy atom. The molecule has 0 saturated carbocycles. The highest BCUT2D eigenvalue weighted by Crippen LogP contribution is 2.18. The monoisotopic (exact) mass is 248 g/mol. The molecular weight excluding hydrogens is 228 g/mol. The van der Waals surface area contributed by atoms with E-state index in [0.29, 0.717) is 18.8 Å².